The van der Waals surface area contributed by atoms with Gasteiger partial charge in [-0.05, 0) is 25.0 Å². The predicted molar refractivity (Wildman–Crippen MR) is 73.8 cm³/mol. The van der Waals surface area contributed by atoms with Crippen molar-refractivity contribution in [3.63, 3.8) is 0 Å². The molecule has 1 atom stereocenters. The molecule has 0 aliphatic rings. The highest BCUT2D eigenvalue weighted by molar-refractivity contribution is 5.88. The molecule has 0 bridgehead atoms. The molecule has 1 heterocycles. The lowest BCUT2D eigenvalue weighted by molar-refractivity contribution is 0.147. The van der Waals surface area contributed by atoms with Crippen LogP contribution >= 0.6 is 0 Å². The van der Waals surface area contributed by atoms with Crippen molar-refractivity contribution in [2.45, 2.75) is 39.8 Å². The van der Waals surface area contributed by atoms with Gasteiger partial charge in [0.1, 0.15) is 11.9 Å². The van der Waals surface area contributed by atoms with Crippen LogP contribution in [0.15, 0.2) is 22.8 Å². The van der Waals surface area contributed by atoms with E-state index >= 15 is 0 Å². The number of aryl methyl sites for hydroxylation is 2. The van der Waals surface area contributed by atoms with Crippen LogP contribution in [0.3, 0.4) is 0 Å². The van der Waals surface area contributed by atoms with Crippen LogP contribution in [0.4, 0.5) is 0 Å². The molecule has 0 aliphatic heterocycles. The van der Waals surface area contributed by atoms with E-state index in [1.165, 1.54) is 11.1 Å². The van der Waals surface area contributed by atoms with Crippen molar-refractivity contribution in [3.8, 4) is 0 Å². The van der Waals surface area contributed by atoms with Gasteiger partial charge < -0.3 is 14.8 Å². The number of hydrogen-bond acceptors (Lipinski definition) is 3. The molecule has 0 amide bonds. The second kappa shape index (κ2) is 5.12. The van der Waals surface area contributed by atoms with E-state index in [1.54, 1.807) is 6.26 Å². The third-order valence-electron chi connectivity index (χ3n) is 3.35. The van der Waals surface area contributed by atoms with E-state index in [0.29, 0.717) is 18.3 Å². The monoisotopic (exact) mass is 247 g/mol. The van der Waals surface area contributed by atoms with Crippen molar-refractivity contribution in [2.75, 3.05) is 6.54 Å². The number of hydrogen-bond donors (Lipinski definition) is 2. The Morgan fingerprint density at radius 3 is 2.67 bits per heavy atom. The van der Waals surface area contributed by atoms with Crippen LogP contribution in [0.5, 0.6) is 0 Å². The van der Waals surface area contributed by atoms with Crippen LogP contribution in [0, 0.1) is 13.8 Å². The molecule has 0 radical (unpaired) electrons. The third-order valence-corrected chi connectivity index (χ3v) is 3.35. The summed E-state index contributed by atoms with van der Waals surface area (Å²) in [6.07, 6.45) is 1.11. The molecule has 1 aromatic heterocycles. The van der Waals surface area contributed by atoms with E-state index in [0.717, 1.165) is 10.8 Å². The molecule has 3 nitrogen and oxygen atoms in total. The highest BCUT2D eigenvalue weighted by atomic mass is 16.4. The zero-order valence-electron chi connectivity index (χ0n) is 11.4. The molecule has 1 aromatic carbocycles. The van der Waals surface area contributed by atoms with Gasteiger partial charge in [0.05, 0.1) is 6.26 Å². The molecule has 0 spiro atoms. The molecule has 0 saturated heterocycles. The number of aliphatic hydroxyl groups excluding tert-OH is 1. The van der Waals surface area contributed by atoms with Gasteiger partial charge in [-0.1, -0.05) is 26.0 Å². The number of nitrogens with one attached hydrogen (secondary N) is 1. The largest absolute Gasteiger partial charge is 0.465 e. The van der Waals surface area contributed by atoms with E-state index in [-0.39, 0.29) is 0 Å². The van der Waals surface area contributed by atoms with Gasteiger partial charge in [-0.15, -0.1) is 0 Å². The van der Waals surface area contributed by atoms with Crippen molar-refractivity contribution >= 4 is 10.8 Å². The van der Waals surface area contributed by atoms with Crippen LogP contribution < -0.4 is 5.32 Å². The van der Waals surface area contributed by atoms with E-state index in [4.69, 9.17) is 4.42 Å². The Labute approximate surface area is 108 Å². The van der Waals surface area contributed by atoms with Crippen molar-refractivity contribution < 1.29 is 9.52 Å². The first-order valence-electron chi connectivity index (χ1n) is 6.39. The number of furan rings is 1. The first-order chi connectivity index (χ1) is 8.50. The van der Waals surface area contributed by atoms with E-state index in [9.17, 15) is 5.11 Å². The highest BCUT2D eigenvalue weighted by Crippen LogP contribution is 2.30. The Hall–Kier alpha value is -1.32. The van der Waals surface area contributed by atoms with Crippen molar-refractivity contribution in [1.82, 2.24) is 5.32 Å². The smallest absolute Gasteiger partial charge is 0.141 e. The summed E-state index contributed by atoms with van der Waals surface area (Å²) in [6.45, 7) is 8.77. The van der Waals surface area contributed by atoms with Gasteiger partial charge in [0.2, 0.25) is 0 Å². The molecule has 2 rings (SSSR count). The quantitative estimate of drug-likeness (QED) is 0.872. The minimum atomic E-state index is -0.606. The lowest BCUT2D eigenvalue weighted by Crippen LogP contribution is -2.27. The van der Waals surface area contributed by atoms with E-state index in [1.807, 2.05) is 6.07 Å². The van der Waals surface area contributed by atoms with Gasteiger partial charge in [0, 0.05) is 23.4 Å². The summed E-state index contributed by atoms with van der Waals surface area (Å²) in [6, 6.07) is 4.46. The Bertz CT molecular complexity index is 543. The standard InChI is InChI=1S/C15H21NO2/c1-9(2)16-7-13(17)15-14-11(4)10(3)5-6-12(14)8-18-15/h5-6,8-9,13,16-17H,7H2,1-4H3. The molecular formula is C15H21NO2. The average molecular weight is 247 g/mol. The van der Waals surface area contributed by atoms with Crippen LogP contribution in [0.25, 0.3) is 10.8 Å². The summed E-state index contributed by atoms with van der Waals surface area (Å²) in [5.74, 6) is 0.666. The number of rotatable bonds is 4. The first kappa shape index (κ1) is 13.1. The lowest BCUT2D eigenvalue weighted by Gasteiger charge is -2.13. The topological polar surface area (TPSA) is 45.4 Å². The molecule has 1 unspecified atom stereocenters. The van der Waals surface area contributed by atoms with Gasteiger partial charge in [-0.2, -0.15) is 0 Å². The summed E-state index contributed by atoms with van der Waals surface area (Å²) in [7, 11) is 0. The molecule has 2 N–H and O–H groups in total. The minimum absolute atomic E-state index is 0.351. The fraction of sp³-hybridized carbons (Fsp3) is 0.467. The van der Waals surface area contributed by atoms with Crippen LogP contribution in [-0.2, 0) is 0 Å². The summed E-state index contributed by atoms with van der Waals surface area (Å²) in [4.78, 5) is 0. The van der Waals surface area contributed by atoms with E-state index < -0.39 is 6.10 Å². The molecule has 0 saturated carbocycles. The molecule has 0 fully saturated rings. The average Bonchev–Trinajstić information content (AvgIpc) is 2.75. The van der Waals surface area contributed by atoms with E-state index in [2.05, 4.69) is 39.1 Å². The van der Waals surface area contributed by atoms with Gasteiger partial charge >= 0.3 is 0 Å². The molecule has 98 valence electrons. The fourth-order valence-electron chi connectivity index (χ4n) is 2.13. The number of fused-ring (bicyclic) bond motifs is 1. The van der Waals surface area contributed by atoms with Gasteiger partial charge in [-0.3, -0.25) is 0 Å². The molecule has 3 heteroatoms. The second-order valence-electron chi connectivity index (χ2n) is 5.15. The Balaban J connectivity index is 2.36. The summed E-state index contributed by atoms with van der Waals surface area (Å²) >= 11 is 0. The van der Waals surface area contributed by atoms with Gasteiger partial charge in [-0.25, -0.2) is 0 Å². The number of aliphatic hydroxyl groups is 1. The SMILES string of the molecule is Cc1ccc2coc(C(O)CNC(C)C)c2c1C. The zero-order chi connectivity index (χ0) is 13.3. The Morgan fingerprint density at radius 1 is 1.28 bits per heavy atom. The van der Waals surface area contributed by atoms with Crippen molar-refractivity contribution in [2.24, 2.45) is 0 Å². The molecule has 2 aromatic rings. The minimum Gasteiger partial charge on any atom is -0.465 e. The van der Waals surface area contributed by atoms with Crippen molar-refractivity contribution in [3.05, 3.63) is 35.3 Å². The van der Waals surface area contributed by atoms with Crippen LogP contribution in [0.1, 0.15) is 36.8 Å². The maximum absolute atomic E-state index is 10.2. The summed E-state index contributed by atoms with van der Waals surface area (Å²) in [5, 5.41) is 15.5. The predicted octanol–water partition coefficient (Wildman–Crippen LogP) is 3.08. The second-order valence-corrected chi connectivity index (χ2v) is 5.15. The highest BCUT2D eigenvalue weighted by Gasteiger charge is 2.17. The third kappa shape index (κ3) is 2.42. The van der Waals surface area contributed by atoms with Crippen LogP contribution in [-0.4, -0.2) is 17.7 Å². The van der Waals surface area contributed by atoms with Crippen LogP contribution in [0.2, 0.25) is 0 Å². The van der Waals surface area contributed by atoms with Gasteiger partial charge in [0.25, 0.3) is 0 Å². The summed E-state index contributed by atoms with van der Waals surface area (Å²) < 4.78 is 5.55. The Morgan fingerprint density at radius 2 is 2.00 bits per heavy atom. The maximum Gasteiger partial charge on any atom is 0.141 e. The van der Waals surface area contributed by atoms with Gasteiger partial charge in [0.15, 0.2) is 0 Å². The molecule has 18 heavy (non-hydrogen) atoms. The maximum atomic E-state index is 10.2. The number of benzene rings is 1. The molecular weight excluding hydrogens is 226 g/mol. The zero-order valence-corrected chi connectivity index (χ0v) is 11.4. The fourth-order valence-corrected chi connectivity index (χ4v) is 2.13. The first-order valence-corrected chi connectivity index (χ1v) is 6.39. The Kier molecular flexibility index (Phi) is 3.73. The van der Waals surface area contributed by atoms with Crippen molar-refractivity contribution in [1.29, 1.82) is 0 Å². The normalized spacial score (nSPS) is 13.4. The molecule has 0 aliphatic carbocycles. The summed E-state index contributed by atoms with van der Waals surface area (Å²) in [5.41, 5.74) is 2.40. The lowest BCUT2D eigenvalue weighted by atomic mass is 10.0.